The minimum absolute atomic E-state index is 0.185. The second-order valence-electron chi connectivity index (χ2n) is 3.56. The van der Waals surface area contributed by atoms with Crippen molar-refractivity contribution in [2.45, 2.75) is 6.42 Å². The highest BCUT2D eigenvalue weighted by molar-refractivity contribution is 7.99. The number of hydrogen-bond donors (Lipinski definition) is 3. The molecule has 0 saturated carbocycles. The van der Waals surface area contributed by atoms with Gasteiger partial charge in [-0.25, -0.2) is 4.98 Å². The quantitative estimate of drug-likeness (QED) is 0.529. The molecule has 0 amide bonds. The Kier molecular flexibility index (Phi) is 5.03. The Bertz CT molecular complexity index is 506. The Morgan fingerprint density at radius 1 is 1.39 bits per heavy atom. The van der Waals surface area contributed by atoms with Crippen molar-refractivity contribution in [1.82, 2.24) is 19.9 Å². The number of imidazole rings is 1. The highest BCUT2D eigenvalue weighted by Gasteiger charge is 2.07. The van der Waals surface area contributed by atoms with E-state index in [1.165, 1.54) is 0 Å². The second kappa shape index (κ2) is 6.77. The molecule has 2 aromatic rings. The van der Waals surface area contributed by atoms with Crippen LogP contribution in [0, 0.1) is 0 Å². The van der Waals surface area contributed by atoms with Gasteiger partial charge in [0.2, 0.25) is 5.28 Å². The lowest BCUT2D eigenvalue weighted by atomic mass is 10.5. The van der Waals surface area contributed by atoms with Crippen molar-refractivity contribution in [3.8, 4) is 0 Å². The molecule has 0 unspecified atom stereocenters. The molecule has 6 nitrogen and oxygen atoms in total. The van der Waals surface area contributed by atoms with E-state index in [0.717, 1.165) is 30.0 Å². The summed E-state index contributed by atoms with van der Waals surface area (Å²) in [6.07, 6.45) is 2.39. The molecule has 0 aromatic carbocycles. The molecule has 0 aliphatic rings. The average molecular weight is 288 g/mol. The van der Waals surface area contributed by atoms with Gasteiger partial charge >= 0.3 is 0 Å². The van der Waals surface area contributed by atoms with Crippen LogP contribution in [0.25, 0.3) is 11.2 Å². The van der Waals surface area contributed by atoms with Gasteiger partial charge in [0.15, 0.2) is 11.5 Å². The van der Waals surface area contributed by atoms with Crippen molar-refractivity contribution < 1.29 is 5.11 Å². The number of anilines is 1. The van der Waals surface area contributed by atoms with Gasteiger partial charge in [-0.2, -0.15) is 21.7 Å². The van der Waals surface area contributed by atoms with Gasteiger partial charge in [-0.15, -0.1) is 0 Å². The molecule has 0 spiro atoms. The molecule has 0 fully saturated rings. The Morgan fingerprint density at radius 3 is 3.11 bits per heavy atom. The van der Waals surface area contributed by atoms with Crippen molar-refractivity contribution in [3.63, 3.8) is 0 Å². The lowest BCUT2D eigenvalue weighted by molar-refractivity contribution is 0.296. The molecule has 0 atom stereocenters. The number of fused-ring (bicyclic) bond motifs is 1. The molecule has 18 heavy (non-hydrogen) atoms. The summed E-state index contributed by atoms with van der Waals surface area (Å²) >= 11 is 7.60. The molecule has 2 rings (SSSR count). The Hall–Kier alpha value is -1.05. The first-order chi connectivity index (χ1) is 8.81. The number of hydrogen-bond acceptors (Lipinski definition) is 6. The van der Waals surface area contributed by atoms with E-state index in [9.17, 15) is 0 Å². The maximum absolute atomic E-state index is 8.65. The number of halogens is 1. The molecule has 2 aromatic heterocycles. The van der Waals surface area contributed by atoms with Crippen LogP contribution in [-0.4, -0.2) is 49.7 Å². The fourth-order valence-electron chi connectivity index (χ4n) is 1.44. The average Bonchev–Trinajstić information content (AvgIpc) is 2.81. The van der Waals surface area contributed by atoms with Crippen LogP contribution >= 0.6 is 23.4 Å². The third kappa shape index (κ3) is 3.47. The van der Waals surface area contributed by atoms with Crippen molar-refractivity contribution in [1.29, 1.82) is 0 Å². The van der Waals surface area contributed by atoms with Gasteiger partial charge in [0.25, 0.3) is 0 Å². The van der Waals surface area contributed by atoms with Crippen LogP contribution in [0.4, 0.5) is 5.82 Å². The second-order valence-corrected chi connectivity index (χ2v) is 5.12. The zero-order valence-electron chi connectivity index (χ0n) is 9.69. The molecule has 0 aliphatic heterocycles. The van der Waals surface area contributed by atoms with Gasteiger partial charge in [0, 0.05) is 18.9 Å². The molecular formula is C10H14ClN5OS. The summed E-state index contributed by atoms with van der Waals surface area (Å²) in [5, 5.41) is 12.0. The zero-order chi connectivity index (χ0) is 12.8. The smallest absolute Gasteiger partial charge is 0.226 e. The van der Waals surface area contributed by atoms with E-state index >= 15 is 0 Å². The highest BCUT2D eigenvalue weighted by atomic mass is 35.5. The standard InChI is InChI=1S/C10H14ClN5OS/c11-10-15-8(7-9(16-10)14-6-13-7)12-2-5-18-4-1-3-17/h6,17H,1-5H2,(H2,12,13,14,15,16). The summed E-state index contributed by atoms with van der Waals surface area (Å²) in [5.74, 6) is 2.57. The maximum atomic E-state index is 8.65. The summed E-state index contributed by atoms with van der Waals surface area (Å²) < 4.78 is 0. The lowest BCUT2D eigenvalue weighted by Gasteiger charge is -2.06. The first-order valence-corrected chi connectivity index (χ1v) is 7.13. The van der Waals surface area contributed by atoms with E-state index in [1.54, 1.807) is 18.1 Å². The van der Waals surface area contributed by atoms with Crippen LogP contribution in [0.3, 0.4) is 0 Å². The fraction of sp³-hybridized carbons (Fsp3) is 0.500. The number of aliphatic hydroxyl groups excluding tert-OH is 1. The molecule has 0 radical (unpaired) electrons. The summed E-state index contributed by atoms with van der Waals surface area (Å²) in [4.78, 5) is 15.2. The van der Waals surface area contributed by atoms with E-state index in [4.69, 9.17) is 16.7 Å². The molecular weight excluding hydrogens is 274 g/mol. The summed E-state index contributed by atoms with van der Waals surface area (Å²) in [7, 11) is 0. The predicted molar refractivity (Wildman–Crippen MR) is 74.2 cm³/mol. The third-order valence-electron chi connectivity index (χ3n) is 2.24. The third-order valence-corrected chi connectivity index (χ3v) is 3.48. The molecule has 8 heteroatoms. The van der Waals surface area contributed by atoms with E-state index < -0.39 is 0 Å². The predicted octanol–water partition coefficient (Wildman–Crippen LogP) is 1.53. The molecule has 98 valence electrons. The van der Waals surface area contributed by atoms with E-state index in [0.29, 0.717) is 11.5 Å². The SMILES string of the molecule is OCCCSCCNc1nc(Cl)nc2nc[nH]c12. The number of aliphatic hydroxyl groups is 1. The molecule has 0 bridgehead atoms. The van der Waals surface area contributed by atoms with Crippen molar-refractivity contribution in [2.75, 3.05) is 30.0 Å². The van der Waals surface area contributed by atoms with Gasteiger partial charge in [-0.05, 0) is 23.8 Å². The fourth-order valence-corrected chi connectivity index (χ4v) is 2.39. The number of rotatable bonds is 7. The number of nitrogens with zero attached hydrogens (tertiary/aromatic N) is 3. The largest absolute Gasteiger partial charge is 0.396 e. The van der Waals surface area contributed by atoms with Gasteiger partial charge in [-0.3, -0.25) is 0 Å². The van der Waals surface area contributed by atoms with E-state index in [-0.39, 0.29) is 11.9 Å². The molecule has 0 aliphatic carbocycles. The van der Waals surface area contributed by atoms with Crippen LogP contribution in [0.2, 0.25) is 5.28 Å². The zero-order valence-corrected chi connectivity index (χ0v) is 11.3. The first-order valence-electron chi connectivity index (χ1n) is 5.60. The Balaban J connectivity index is 1.89. The summed E-state index contributed by atoms with van der Waals surface area (Å²) in [6, 6.07) is 0. The molecule has 3 N–H and O–H groups in total. The minimum atomic E-state index is 0.185. The van der Waals surface area contributed by atoms with Gasteiger partial charge in [-0.1, -0.05) is 0 Å². The number of H-pyrrole nitrogens is 1. The van der Waals surface area contributed by atoms with E-state index in [1.807, 2.05) is 0 Å². The maximum Gasteiger partial charge on any atom is 0.226 e. The van der Waals surface area contributed by atoms with Crippen molar-refractivity contribution in [3.05, 3.63) is 11.6 Å². The van der Waals surface area contributed by atoms with Crippen LogP contribution in [0.1, 0.15) is 6.42 Å². The first kappa shape index (κ1) is 13.4. The highest BCUT2D eigenvalue weighted by Crippen LogP contribution is 2.18. The number of thioether (sulfide) groups is 1. The number of aromatic nitrogens is 4. The van der Waals surface area contributed by atoms with Crippen LogP contribution < -0.4 is 5.32 Å². The van der Waals surface area contributed by atoms with E-state index in [2.05, 4.69) is 25.3 Å². The van der Waals surface area contributed by atoms with Crippen LogP contribution in [0.15, 0.2) is 6.33 Å². The summed E-state index contributed by atoms with van der Waals surface area (Å²) in [5.41, 5.74) is 1.32. The number of nitrogens with one attached hydrogen (secondary N) is 2. The van der Waals surface area contributed by atoms with Gasteiger partial charge < -0.3 is 15.4 Å². The Morgan fingerprint density at radius 2 is 2.28 bits per heavy atom. The lowest BCUT2D eigenvalue weighted by Crippen LogP contribution is -2.07. The van der Waals surface area contributed by atoms with Gasteiger partial charge in [0.05, 0.1) is 6.33 Å². The Labute approximate surface area is 114 Å². The summed E-state index contributed by atoms with van der Waals surface area (Å²) in [6.45, 7) is 1.02. The minimum Gasteiger partial charge on any atom is -0.396 e. The topological polar surface area (TPSA) is 86.7 Å². The molecule has 2 heterocycles. The van der Waals surface area contributed by atoms with Crippen molar-refractivity contribution in [2.24, 2.45) is 0 Å². The normalized spacial score (nSPS) is 11.0. The van der Waals surface area contributed by atoms with Crippen molar-refractivity contribution >= 4 is 40.3 Å². The van der Waals surface area contributed by atoms with Crippen LogP contribution in [0.5, 0.6) is 0 Å². The monoisotopic (exact) mass is 287 g/mol. The van der Waals surface area contributed by atoms with Crippen LogP contribution in [-0.2, 0) is 0 Å². The molecule has 0 saturated heterocycles. The number of aromatic amines is 1. The van der Waals surface area contributed by atoms with Gasteiger partial charge in [0.1, 0.15) is 5.52 Å².